The molecule has 9 nitrogen and oxygen atoms in total. The number of anilines is 2. The fourth-order valence-corrected chi connectivity index (χ4v) is 5.64. The normalized spacial score (nSPS) is 11.3. The molecule has 0 saturated carbocycles. The van der Waals surface area contributed by atoms with Crippen molar-refractivity contribution in [1.29, 1.82) is 0 Å². The Morgan fingerprint density at radius 2 is 1.65 bits per heavy atom. The van der Waals surface area contributed by atoms with Crippen molar-refractivity contribution in [3.8, 4) is 28.3 Å². The smallest absolute Gasteiger partial charge is 0.264 e. The van der Waals surface area contributed by atoms with Gasteiger partial charge in [-0.25, -0.2) is 23.1 Å². The molecule has 10 heteroatoms. The highest BCUT2D eigenvalue weighted by molar-refractivity contribution is 7.92. The van der Waals surface area contributed by atoms with Crippen LogP contribution in [0.15, 0.2) is 94.6 Å². The standard InChI is InChI=1S/C30H29N5O4S/c1-20-21(2)33-39-30(20)34-40(36,37)28-9-6-5-8-27(28)26-15-10-22(29-31-16-7-17-32-29)18-23(26)19-35(3)24-11-13-25(38-4)14-12-24/h5-18,34H,19H2,1-4H3. The predicted octanol–water partition coefficient (Wildman–Crippen LogP) is 5.86. The average molecular weight is 556 g/mol. The third-order valence-electron chi connectivity index (χ3n) is 6.70. The van der Waals surface area contributed by atoms with E-state index >= 15 is 0 Å². The van der Waals surface area contributed by atoms with E-state index in [0.717, 1.165) is 28.1 Å². The summed E-state index contributed by atoms with van der Waals surface area (Å²) in [4.78, 5) is 11.0. The van der Waals surface area contributed by atoms with E-state index in [1.807, 2.05) is 55.6 Å². The van der Waals surface area contributed by atoms with Crippen LogP contribution in [0.4, 0.5) is 11.6 Å². The number of aromatic nitrogens is 3. The van der Waals surface area contributed by atoms with Crippen LogP contribution in [-0.2, 0) is 16.6 Å². The Kier molecular flexibility index (Phi) is 7.52. The number of benzene rings is 3. The second-order valence-corrected chi connectivity index (χ2v) is 11.0. The number of sulfonamides is 1. The molecular formula is C30H29N5O4S. The highest BCUT2D eigenvalue weighted by atomic mass is 32.2. The van der Waals surface area contributed by atoms with E-state index in [1.165, 1.54) is 0 Å². The second kappa shape index (κ2) is 11.2. The first kappa shape index (κ1) is 26.9. The summed E-state index contributed by atoms with van der Waals surface area (Å²) in [5, 5.41) is 3.87. The number of nitrogens with zero attached hydrogens (tertiary/aromatic N) is 4. The van der Waals surface area contributed by atoms with Crippen LogP contribution in [0.1, 0.15) is 16.8 Å². The summed E-state index contributed by atoms with van der Waals surface area (Å²) in [6, 6.07) is 22.3. The zero-order valence-electron chi connectivity index (χ0n) is 22.6. The van der Waals surface area contributed by atoms with Crippen molar-refractivity contribution >= 4 is 21.6 Å². The number of rotatable bonds is 9. The Labute approximate surface area is 233 Å². The van der Waals surface area contributed by atoms with Crippen molar-refractivity contribution < 1.29 is 17.7 Å². The first-order valence-corrected chi connectivity index (χ1v) is 14.1. The SMILES string of the molecule is COc1ccc(N(C)Cc2cc(-c3ncccn3)ccc2-c2ccccc2S(=O)(=O)Nc2onc(C)c2C)cc1. The van der Waals surface area contributed by atoms with E-state index in [2.05, 4.69) is 24.7 Å². The maximum atomic E-state index is 13.6. The Bertz CT molecular complexity index is 1740. The van der Waals surface area contributed by atoms with Crippen LogP contribution >= 0.6 is 0 Å². The van der Waals surface area contributed by atoms with Crippen molar-refractivity contribution in [2.45, 2.75) is 25.3 Å². The maximum Gasteiger partial charge on any atom is 0.264 e. The summed E-state index contributed by atoms with van der Waals surface area (Å²) in [7, 11) is -0.390. The largest absolute Gasteiger partial charge is 0.497 e. The van der Waals surface area contributed by atoms with E-state index in [1.54, 1.807) is 57.6 Å². The van der Waals surface area contributed by atoms with Gasteiger partial charge in [-0.3, -0.25) is 0 Å². The van der Waals surface area contributed by atoms with E-state index in [-0.39, 0.29) is 10.8 Å². The van der Waals surface area contributed by atoms with Gasteiger partial charge in [0.15, 0.2) is 5.82 Å². The van der Waals surface area contributed by atoms with Gasteiger partial charge in [0.25, 0.3) is 10.0 Å². The average Bonchev–Trinajstić information content (AvgIpc) is 3.29. The van der Waals surface area contributed by atoms with Crippen molar-refractivity contribution in [2.24, 2.45) is 0 Å². The summed E-state index contributed by atoms with van der Waals surface area (Å²) in [5.74, 6) is 1.45. The number of aryl methyl sites for hydroxylation is 1. The quantitative estimate of drug-likeness (QED) is 0.241. The molecule has 0 atom stereocenters. The van der Waals surface area contributed by atoms with Gasteiger partial charge in [0, 0.05) is 48.4 Å². The van der Waals surface area contributed by atoms with Gasteiger partial charge in [-0.15, -0.1) is 0 Å². The number of nitrogens with one attached hydrogen (secondary N) is 1. The van der Waals surface area contributed by atoms with Crippen molar-refractivity contribution in [1.82, 2.24) is 15.1 Å². The molecule has 5 rings (SSSR count). The highest BCUT2D eigenvalue weighted by Crippen LogP contribution is 2.35. The number of hydrogen-bond acceptors (Lipinski definition) is 8. The molecule has 2 aromatic heterocycles. The first-order chi connectivity index (χ1) is 19.3. The van der Waals surface area contributed by atoms with E-state index in [0.29, 0.717) is 29.2 Å². The lowest BCUT2D eigenvalue weighted by atomic mass is 9.96. The first-order valence-electron chi connectivity index (χ1n) is 12.6. The molecule has 0 unspecified atom stereocenters. The summed E-state index contributed by atoms with van der Waals surface area (Å²) >= 11 is 0. The molecule has 0 amide bonds. The van der Waals surface area contributed by atoms with Gasteiger partial charge in [-0.1, -0.05) is 35.5 Å². The minimum absolute atomic E-state index is 0.100. The zero-order chi connectivity index (χ0) is 28.3. The molecule has 3 aromatic carbocycles. The summed E-state index contributed by atoms with van der Waals surface area (Å²) in [6.45, 7) is 4.01. The van der Waals surface area contributed by atoms with Gasteiger partial charge in [-0.05, 0) is 67.4 Å². The Morgan fingerprint density at radius 1 is 0.925 bits per heavy atom. The van der Waals surface area contributed by atoms with Crippen LogP contribution in [0, 0.1) is 13.8 Å². The molecule has 2 heterocycles. The van der Waals surface area contributed by atoms with Gasteiger partial charge in [0.1, 0.15) is 5.75 Å². The third-order valence-corrected chi connectivity index (χ3v) is 8.09. The van der Waals surface area contributed by atoms with Gasteiger partial charge >= 0.3 is 0 Å². The molecule has 0 aliphatic heterocycles. The molecular weight excluding hydrogens is 526 g/mol. The number of methoxy groups -OCH3 is 1. The predicted molar refractivity (Wildman–Crippen MR) is 155 cm³/mol. The Morgan fingerprint density at radius 3 is 2.33 bits per heavy atom. The van der Waals surface area contributed by atoms with E-state index < -0.39 is 10.0 Å². The fraction of sp³-hybridized carbons (Fsp3) is 0.167. The minimum atomic E-state index is -4.00. The van der Waals surface area contributed by atoms with Gasteiger partial charge in [-0.2, -0.15) is 0 Å². The van der Waals surface area contributed by atoms with E-state index in [9.17, 15) is 8.42 Å². The third kappa shape index (κ3) is 5.52. The summed E-state index contributed by atoms with van der Waals surface area (Å²) in [5.41, 5.74) is 5.29. The summed E-state index contributed by atoms with van der Waals surface area (Å²) in [6.07, 6.45) is 3.39. The molecule has 0 fully saturated rings. The molecule has 0 radical (unpaired) electrons. The minimum Gasteiger partial charge on any atom is -0.497 e. The molecule has 204 valence electrons. The lowest BCUT2D eigenvalue weighted by Gasteiger charge is -2.23. The molecule has 0 spiro atoms. The van der Waals surface area contributed by atoms with Crippen LogP contribution < -0.4 is 14.4 Å². The van der Waals surface area contributed by atoms with Gasteiger partial charge in [0.2, 0.25) is 5.88 Å². The molecule has 0 aliphatic rings. The number of hydrogen-bond donors (Lipinski definition) is 1. The molecule has 0 bridgehead atoms. The lowest BCUT2D eigenvalue weighted by Crippen LogP contribution is -2.18. The summed E-state index contributed by atoms with van der Waals surface area (Å²) < 4.78 is 40.3. The monoisotopic (exact) mass is 555 g/mol. The zero-order valence-corrected chi connectivity index (χ0v) is 23.4. The van der Waals surface area contributed by atoms with Crippen molar-refractivity contribution in [3.63, 3.8) is 0 Å². The Hall–Kier alpha value is -4.70. The highest BCUT2D eigenvalue weighted by Gasteiger charge is 2.24. The van der Waals surface area contributed by atoms with Gasteiger partial charge < -0.3 is 14.2 Å². The van der Waals surface area contributed by atoms with Crippen LogP contribution in [0.5, 0.6) is 5.75 Å². The van der Waals surface area contributed by atoms with Crippen molar-refractivity contribution in [3.05, 3.63) is 102 Å². The van der Waals surface area contributed by atoms with Crippen LogP contribution in [0.3, 0.4) is 0 Å². The topological polar surface area (TPSA) is 110 Å². The second-order valence-electron chi connectivity index (χ2n) is 9.32. The number of ether oxygens (including phenoxy) is 1. The molecule has 1 N–H and O–H groups in total. The molecule has 5 aromatic rings. The van der Waals surface area contributed by atoms with Crippen LogP contribution in [-0.4, -0.2) is 37.7 Å². The fourth-order valence-electron chi connectivity index (χ4n) is 4.37. The van der Waals surface area contributed by atoms with Crippen LogP contribution in [0.25, 0.3) is 22.5 Å². The van der Waals surface area contributed by atoms with Gasteiger partial charge in [0.05, 0.1) is 17.7 Å². The van der Waals surface area contributed by atoms with E-state index in [4.69, 9.17) is 9.26 Å². The molecule has 0 saturated heterocycles. The maximum absolute atomic E-state index is 13.6. The lowest BCUT2D eigenvalue weighted by molar-refractivity contribution is 0.415. The molecule has 0 aliphatic carbocycles. The van der Waals surface area contributed by atoms with Crippen LogP contribution in [0.2, 0.25) is 0 Å². The Balaban J connectivity index is 1.59. The van der Waals surface area contributed by atoms with Crippen molar-refractivity contribution in [2.75, 3.05) is 23.8 Å². The molecule has 40 heavy (non-hydrogen) atoms.